The Balaban J connectivity index is -0.000000334. The van der Waals surface area contributed by atoms with E-state index in [2.05, 4.69) is 31.9 Å². The molecule has 1 N–H and O–H groups in total. The van der Waals surface area contributed by atoms with Crippen molar-refractivity contribution in [3.05, 3.63) is 0 Å². The standard InChI is InChI=1S/C15H32O6S.C15H32O3.CH4.Na/c1-4-6-8-10-12-19-15(3,14-21-22(16,17)18)20-13-11-9-7-5-2;1-4-6-8-10-12-17-15(3,14-16)18-13-11-9-7-5-2;;/h4-14H2,1-3H3,(H,16,17,18);16H,4-14H2,1-3H3;1H4;/q;;;+1/p-1. The molecular formula is C31H67NaO9S. The zero-order chi connectivity index (χ0) is 30.6. The summed E-state index contributed by atoms with van der Waals surface area (Å²) < 4.78 is 58.8. The van der Waals surface area contributed by atoms with Crippen molar-refractivity contribution in [1.82, 2.24) is 0 Å². The molecule has 0 fully saturated rings. The molecule has 0 aliphatic carbocycles. The van der Waals surface area contributed by atoms with Gasteiger partial charge in [0.25, 0.3) is 0 Å². The van der Waals surface area contributed by atoms with Gasteiger partial charge in [0.1, 0.15) is 6.61 Å². The first kappa shape index (κ1) is 49.5. The number of aliphatic hydroxyl groups excluding tert-OH is 1. The molecule has 0 aromatic heterocycles. The summed E-state index contributed by atoms with van der Waals surface area (Å²) in [5.74, 6) is -2.01. The molecule has 0 radical (unpaired) electrons. The van der Waals surface area contributed by atoms with Crippen molar-refractivity contribution in [2.45, 2.75) is 163 Å². The Morgan fingerprint density at radius 2 is 0.857 bits per heavy atom. The summed E-state index contributed by atoms with van der Waals surface area (Å²) in [7, 11) is -4.75. The van der Waals surface area contributed by atoms with E-state index in [9.17, 15) is 18.1 Å². The van der Waals surface area contributed by atoms with Crippen LogP contribution in [0.1, 0.15) is 152 Å². The molecule has 252 valence electrons. The maximum Gasteiger partial charge on any atom is 1.00 e. The van der Waals surface area contributed by atoms with Crippen LogP contribution in [0.3, 0.4) is 0 Å². The Bertz CT molecular complexity index is 608. The normalized spacial score (nSPS) is 11.8. The van der Waals surface area contributed by atoms with Crippen molar-refractivity contribution in [2.24, 2.45) is 0 Å². The van der Waals surface area contributed by atoms with Crippen LogP contribution in [0, 0.1) is 0 Å². The zero-order valence-electron chi connectivity index (χ0n) is 27.7. The van der Waals surface area contributed by atoms with Gasteiger partial charge >= 0.3 is 29.6 Å². The summed E-state index contributed by atoms with van der Waals surface area (Å²) in [5, 5.41) is 9.34. The molecule has 0 bridgehead atoms. The quantitative estimate of drug-likeness (QED) is 0.0419. The van der Waals surface area contributed by atoms with Crippen LogP contribution >= 0.6 is 0 Å². The van der Waals surface area contributed by atoms with Gasteiger partial charge in [0.2, 0.25) is 10.4 Å². The first-order valence-electron chi connectivity index (χ1n) is 15.8. The summed E-state index contributed by atoms with van der Waals surface area (Å²) in [4.78, 5) is 0. The summed E-state index contributed by atoms with van der Waals surface area (Å²) in [6, 6.07) is 0. The van der Waals surface area contributed by atoms with Crippen molar-refractivity contribution < 1.29 is 70.8 Å². The number of unbranched alkanes of at least 4 members (excludes halogenated alkanes) is 12. The maximum atomic E-state index is 10.6. The molecule has 0 aromatic carbocycles. The molecule has 11 heteroatoms. The van der Waals surface area contributed by atoms with Gasteiger partial charge in [-0.1, -0.05) is 112 Å². The van der Waals surface area contributed by atoms with Gasteiger partial charge in [-0.3, -0.25) is 4.18 Å². The predicted molar refractivity (Wildman–Crippen MR) is 167 cm³/mol. The van der Waals surface area contributed by atoms with Gasteiger partial charge in [-0.25, -0.2) is 8.42 Å². The van der Waals surface area contributed by atoms with Crippen molar-refractivity contribution in [3.8, 4) is 0 Å². The SMILES string of the molecule is C.CCCCCCOC(C)(CO)OCCCCCC.CCCCCCOC(C)(COS(=O)(=O)[O-])OCCCCCC.[Na+]. The van der Waals surface area contributed by atoms with E-state index in [0.29, 0.717) is 26.4 Å². The minimum atomic E-state index is -4.75. The summed E-state index contributed by atoms with van der Waals surface area (Å²) in [6.45, 7) is 13.8. The molecule has 0 saturated heterocycles. The number of hydrogen-bond acceptors (Lipinski definition) is 9. The average molecular weight is 639 g/mol. The van der Waals surface area contributed by atoms with Crippen LogP contribution < -0.4 is 29.6 Å². The van der Waals surface area contributed by atoms with Gasteiger partial charge in [0.05, 0.1) is 33.0 Å². The fourth-order valence-electron chi connectivity index (χ4n) is 3.70. The van der Waals surface area contributed by atoms with Crippen LogP contribution in [0.25, 0.3) is 0 Å². The van der Waals surface area contributed by atoms with E-state index in [4.69, 9.17) is 18.9 Å². The Morgan fingerprint density at radius 3 is 1.10 bits per heavy atom. The summed E-state index contributed by atoms with van der Waals surface area (Å²) in [5.41, 5.74) is 0. The number of ether oxygens (including phenoxy) is 4. The number of aliphatic hydroxyl groups is 1. The maximum absolute atomic E-state index is 10.6. The van der Waals surface area contributed by atoms with Crippen molar-refractivity contribution in [3.63, 3.8) is 0 Å². The molecular weight excluding hydrogens is 571 g/mol. The molecule has 0 aliphatic heterocycles. The minimum absolute atomic E-state index is 0. The van der Waals surface area contributed by atoms with Crippen LogP contribution in [0.4, 0.5) is 0 Å². The van der Waals surface area contributed by atoms with Crippen LogP contribution in [0.2, 0.25) is 0 Å². The predicted octanol–water partition coefficient (Wildman–Crippen LogP) is 4.90. The molecule has 0 amide bonds. The minimum Gasteiger partial charge on any atom is -0.726 e. The zero-order valence-corrected chi connectivity index (χ0v) is 30.5. The first-order chi connectivity index (χ1) is 19.0. The third-order valence-electron chi connectivity index (χ3n) is 6.37. The van der Waals surface area contributed by atoms with Gasteiger partial charge < -0.3 is 28.6 Å². The van der Waals surface area contributed by atoms with Gasteiger partial charge in [0, 0.05) is 0 Å². The third kappa shape index (κ3) is 35.2. The molecule has 0 rings (SSSR count). The molecule has 0 heterocycles. The Hall–Kier alpha value is 0.670. The van der Waals surface area contributed by atoms with E-state index < -0.39 is 28.6 Å². The van der Waals surface area contributed by atoms with Crippen LogP contribution in [-0.2, 0) is 33.5 Å². The fourth-order valence-corrected chi connectivity index (χ4v) is 4.06. The third-order valence-corrected chi connectivity index (χ3v) is 6.78. The number of hydrogen-bond donors (Lipinski definition) is 1. The van der Waals surface area contributed by atoms with E-state index in [1.54, 1.807) is 6.92 Å². The molecule has 42 heavy (non-hydrogen) atoms. The molecule has 0 unspecified atom stereocenters. The van der Waals surface area contributed by atoms with E-state index in [1.165, 1.54) is 38.5 Å². The summed E-state index contributed by atoms with van der Waals surface area (Å²) >= 11 is 0. The molecule has 0 aliphatic rings. The van der Waals surface area contributed by atoms with Crippen LogP contribution in [-0.4, -0.2) is 69.3 Å². The van der Waals surface area contributed by atoms with Crippen molar-refractivity contribution in [1.29, 1.82) is 0 Å². The van der Waals surface area contributed by atoms with E-state index >= 15 is 0 Å². The molecule has 9 nitrogen and oxygen atoms in total. The van der Waals surface area contributed by atoms with E-state index in [1.807, 2.05) is 6.92 Å². The fraction of sp³-hybridized carbons (Fsp3) is 1.00. The smallest absolute Gasteiger partial charge is 0.726 e. The van der Waals surface area contributed by atoms with Crippen LogP contribution in [0.5, 0.6) is 0 Å². The average Bonchev–Trinajstić information content (AvgIpc) is 2.92. The van der Waals surface area contributed by atoms with E-state index in [0.717, 1.165) is 64.2 Å². The van der Waals surface area contributed by atoms with E-state index in [-0.39, 0.29) is 43.6 Å². The first-order valence-corrected chi connectivity index (χ1v) is 17.1. The van der Waals surface area contributed by atoms with Gasteiger partial charge in [-0.2, -0.15) is 0 Å². The molecule has 0 saturated carbocycles. The second-order valence-corrected chi connectivity index (χ2v) is 11.8. The Kier molecular flexibility index (Phi) is 39.0. The second-order valence-electron chi connectivity index (χ2n) is 10.7. The van der Waals surface area contributed by atoms with Gasteiger partial charge in [-0.05, 0) is 39.5 Å². The molecule has 0 aromatic rings. The number of rotatable bonds is 28. The molecule has 0 atom stereocenters. The van der Waals surface area contributed by atoms with Gasteiger partial charge in [0.15, 0.2) is 11.6 Å². The molecule has 0 spiro atoms. The second kappa shape index (κ2) is 33.0. The Morgan fingerprint density at radius 1 is 0.571 bits per heavy atom. The summed E-state index contributed by atoms with van der Waals surface area (Å²) in [6.07, 6.45) is 17.8. The monoisotopic (exact) mass is 638 g/mol. The van der Waals surface area contributed by atoms with Crippen molar-refractivity contribution >= 4 is 10.4 Å². The van der Waals surface area contributed by atoms with Crippen molar-refractivity contribution in [2.75, 3.05) is 39.6 Å². The van der Waals surface area contributed by atoms with Crippen LogP contribution in [0.15, 0.2) is 0 Å². The largest absolute Gasteiger partial charge is 1.00 e. The van der Waals surface area contributed by atoms with Gasteiger partial charge in [-0.15, -0.1) is 0 Å². The topological polar surface area (TPSA) is 124 Å². The Labute approximate surface area is 282 Å².